The normalized spacial score (nSPS) is 19.3. The molecule has 2 aliphatic rings. The van der Waals surface area contributed by atoms with E-state index in [4.69, 9.17) is 5.73 Å². The maximum Gasteiger partial charge on any atom is 0.231 e. The molecule has 8 heteroatoms. The molecular weight excluding hydrogens is 491 g/mol. The zero-order valence-corrected chi connectivity index (χ0v) is 20.6. The molecule has 0 atom stereocenters. The summed E-state index contributed by atoms with van der Waals surface area (Å²) < 4.78 is 0. The summed E-state index contributed by atoms with van der Waals surface area (Å²) in [5.41, 5.74) is 7.86. The van der Waals surface area contributed by atoms with Crippen molar-refractivity contribution in [2.24, 2.45) is 16.6 Å². The number of carbonyl (C=O) groups excluding carboxylic acids is 1. The molecular formula is C22H37IN6O. The number of nitrogens with zero attached hydrogens (tertiary/aromatic N) is 3. The van der Waals surface area contributed by atoms with Gasteiger partial charge in [-0.25, -0.2) is 0 Å². The van der Waals surface area contributed by atoms with Crippen molar-refractivity contribution >= 4 is 41.5 Å². The number of amides is 1. The number of guanidine groups is 1. The smallest absolute Gasteiger partial charge is 0.231 e. The van der Waals surface area contributed by atoms with Gasteiger partial charge in [-0.3, -0.25) is 14.7 Å². The first-order valence-electron chi connectivity index (χ1n) is 10.8. The highest BCUT2D eigenvalue weighted by atomic mass is 127. The molecule has 2 heterocycles. The van der Waals surface area contributed by atoms with Gasteiger partial charge in [-0.1, -0.05) is 19.1 Å². The van der Waals surface area contributed by atoms with Gasteiger partial charge >= 0.3 is 0 Å². The molecule has 0 spiro atoms. The van der Waals surface area contributed by atoms with Crippen LogP contribution in [0.25, 0.3) is 0 Å². The Labute approximate surface area is 197 Å². The van der Waals surface area contributed by atoms with E-state index in [1.54, 1.807) is 7.05 Å². The Morgan fingerprint density at radius 3 is 2.30 bits per heavy atom. The largest absolute Gasteiger partial charge is 0.372 e. The molecule has 4 N–H and O–H groups in total. The second-order valence-electron chi connectivity index (χ2n) is 8.42. The lowest BCUT2D eigenvalue weighted by Crippen LogP contribution is -2.49. The standard InChI is InChI=1S/C22H36N6O.HI/c1-17-7-13-28(14-8-17)20-5-3-18(4-6-20)15-25-22(24-2)26-19-9-11-27(12-10-19)16-21(23)29;/h3-6,17,19H,7-16H2,1-2H3,(H2,23,29)(H2,24,25,26);1H. The number of aliphatic imine (C=N–C) groups is 1. The molecule has 3 rings (SSSR count). The lowest BCUT2D eigenvalue weighted by molar-refractivity contribution is -0.119. The third-order valence-electron chi connectivity index (χ3n) is 6.08. The Morgan fingerprint density at radius 1 is 1.10 bits per heavy atom. The van der Waals surface area contributed by atoms with Gasteiger partial charge in [0, 0.05) is 51.5 Å². The number of carbonyl (C=O) groups is 1. The number of likely N-dealkylation sites (tertiary alicyclic amines) is 1. The average Bonchev–Trinajstić information content (AvgIpc) is 2.73. The first kappa shape index (κ1) is 24.7. The molecule has 0 bridgehead atoms. The third-order valence-corrected chi connectivity index (χ3v) is 6.08. The molecule has 0 radical (unpaired) electrons. The van der Waals surface area contributed by atoms with Crippen LogP contribution in [-0.4, -0.2) is 62.6 Å². The maximum atomic E-state index is 11.1. The van der Waals surface area contributed by atoms with Gasteiger partial charge in [0.1, 0.15) is 0 Å². The molecule has 0 aromatic heterocycles. The molecule has 7 nitrogen and oxygen atoms in total. The highest BCUT2D eigenvalue weighted by molar-refractivity contribution is 14.0. The topological polar surface area (TPSA) is 86.0 Å². The van der Waals surface area contributed by atoms with Gasteiger partial charge in [0.2, 0.25) is 5.91 Å². The summed E-state index contributed by atoms with van der Waals surface area (Å²) in [5, 5.41) is 6.92. The molecule has 2 aliphatic heterocycles. The van der Waals surface area contributed by atoms with Crippen molar-refractivity contribution in [2.75, 3.05) is 44.7 Å². The van der Waals surface area contributed by atoms with Gasteiger partial charge in [-0.05, 0) is 49.3 Å². The van der Waals surface area contributed by atoms with Crippen LogP contribution in [0.5, 0.6) is 0 Å². The first-order valence-corrected chi connectivity index (χ1v) is 10.8. The molecule has 0 aliphatic carbocycles. The minimum absolute atomic E-state index is 0. The van der Waals surface area contributed by atoms with Crippen LogP contribution in [0, 0.1) is 5.92 Å². The quantitative estimate of drug-likeness (QED) is 0.300. The molecule has 1 aromatic carbocycles. The monoisotopic (exact) mass is 528 g/mol. The Hall–Kier alpha value is -1.55. The number of piperidine rings is 2. The zero-order chi connectivity index (χ0) is 20.6. The van der Waals surface area contributed by atoms with E-state index < -0.39 is 0 Å². The van der Waals surface area contributed by atoms with Crippen molar-refractivity contribution in [3.05, 3.63) is 29.8 Å². The summed E-state index contributed by atoms with van der Waals surface area (Å²) in [6, 6.07) is 9.25. The second-order valence-corrected chi connectivity index (χ2v) is 8.42. The van der Waals surface area contributed by atoms with Crippen molar-refractivity contribution in [3.63, 3.8) is 0 Å². The fraction of sp³-hybridized carbons (Fsp3) is 0.636. The number of nitrogens with two attached hydrogens (primary N) is 1. The fourth-order valence-corrected chi connectivity index (χ4v) is 4.12. The minimum Gasteiger partial charge on any atom is -0.372 e. The van der Waals surface area contributed by atoms with Gasteiger partial charge in [0.15, 0.2) is 5.96 Å². The van der Waals surface area contributed by atoms with Crippen LogP contribution in [-0.2, 0) is 11.3 Å². The van der Waals surface area contributed by atoms with Crippen molar-refractivity contribution in [2.45, 2.75) is 45.2 Å². The Morgan fingerprint density at radius 2 is 1.73 bits per heavy atom. The molecule has 168 valence electrons. The number of hydrogen-bond donors (Lipinski definition) is 3. The van der Waals surface area contributed by atoms with E-state index in [0.717, 1.165) is 57.4 Å². The van der Waals surface area contributed by atoms with Gasteiger partial charge in [-0.2, -0.15) is 0 Å². The van der Waals surface area contributed by atoms with Crippen molar-refractivity contribution in [3.8, 4) is 0 Å². The van der Waals surface area contributed by atoms with Crippen LogP contribution in [0.3, 0.4) is 0 Å². The fourth-order valence-electron chi connectivity index (χ4n) is 4.12. The van der Waals surface area contributed by atoms with Crippen LogP contribution >= 0.6 is 24.0 Å². The van der Waals surface area contributed by atoms with Crippen LogP contribution in [0.1, 0.15) is 38.2 Å². The summed E-state index contributed by atoms with van der Waals surface area (Å²) in [6.07, 6.45) is 4.54. The maximum absolute atomic E-state index is 11.1. The van der Waals surface area contributed by atoms with E-state index in [1.807, 2.05) is 0 Å². The van der Waals surface area contributed by atoms with Crippen LogP contribution in [0.4, 0.5) is 5.69 Å². The summed E-state index contributed by atoms with van der Waals surface area (Å²) in [7, 11) is 1.80. The highest BCUT2D eigenvalue weighted by Crippen LogP contribution is 2.23. The van der Waals surface area contributed by atoms with Gasteiger partial charge in [0.05, 0.1) is 6.54 Å². The number of benzene rings is 1. The zero-order valence-electron chi connectivity index (χ0n) is 18.3. The molecule has 2 saturated heterocycles. The minimum atomic E-state index is -0.255. The SMILES string of the molecule is CN=C(NCc1ccc(N2CCC(C)CC2)cc1)NC1CCN(CC(N)=O)CC1.I. The Bertz CT molecular complexity index is 679. The molecule has 30 heavy (non-hydrogen) atoms. The lowest BCUT2D eigenvalue weighted by atomic mass is 9.99. The number of halogens is 1. The summed E-state index contributed by atoms with van der Waals surface area (Å²) >= 11 is 0. The summed E-state index contributed by atoms with van der Waals surface area (Å²) in [4.78, 5) is 20.0. The van der Waals surface area contributed by atoms with Crippen molar-refractivity contribution < 1.29 is 4.79 Å². The predicted octanol–water partition coefficient (Wildman–Crippen LogP) is 2.16. The van der Waals surface area contributed by atoms with Crippen molar-refractivity contribution in [1.82, 2.24) is 15.5 Å². The molecule has 1 amide bonds. The van der Waals surface area contributed by atoms with Crippen LogP contribution in [0.2, 0.25) is 0 Å². The number of primary amides is 1. The van der Waals surface area contributed by atoms with E-state index in [0.29, 0.717) is 12.6 Å². The first-order chi connectivity index (χ1) is 14.0. The van der Waals surface area contributed by atoms with E-state index in [1.165, 1.54) is 24.1 Å². The molecule has 0 saturated carbocycles. The van der Waals surface area contributed by atoms with Crippen LogP contribution in [0.15, 0.2) is 29.3 Å². The van der Waals surface area contributed by atoms with Gasteiger partial charge in [-0.15, -0.1) is 24.0 Å². The third kappa shape index (κ3) is 7.61. The molecule has 0 unspecified atom stereocenters. The molecule has 1 aromatic rings. The second kappa shape index (κ2) is 12.3. The van der Waals surface area contributed by atoms with Gasteiger partial charge < -0.3 is 21.3 Å². The number of rotatable bonds is 6. The van der Waals surface area contributed by atoms with Crippen LogP contribution < -0.4 is 21.3 Å². The highest BCUT2D eigenvalue weighted by Gasteiger charge is 2.21. The average molecular weight is 528 g/mol. The number of anilines is 1. The predicted molar refractivity (Wildman–Crippen MR) is 134 cm³/mol. The number of nitrogens with one attached hydrogen (secondary N) is 2. The van der Waals surface area contributed by atoms with E-state index in [9.17, 15) is 4.79 Å². The Kier molecular flexibility index (Phi) is 10.2. The lowest BCUT2D eigenvalue weighted by Gasteiger charge is -2.32. The van der Waals surface area contributed by atoms with E-state index >= 15 is 0 Å². The molecule has 2 fully saturated rings. The summed E-state index contributed by atoms with van der Waals surface area (Å²) in [5.74, 6) is 1.42. The number of hydrogen-bond acceptors (Lipinski definition) is 4. The Balaban J connectivity index is 0.00000320. The van der Waals surface area contributed by atoms with Gasteiger partial charge in [0.25, 0.3) is 0 Å². The summed E-state index contributed by atoms with van der Waals surface area (Å²) in [6.45, 7) is 7.53. The van der Waals surface area contributed by atoms with E-state index in [2.05, 4.69) is 56.6 Å². The van der Waals surface area contributed by atoms with Crippen molar-refractivity contribution in [1.29, 1.82) is 0 Å². The van der Waals surface area contributed by atoms with E-state index in [-0.39, 0.29) is 29.9 Å².